The van der Waals surface area contributed by atoms with Gasteiger partial charge in [-0.2, -0.15) is 0 Å². The van der Waals surface area contributed by atoms with Gasteiger partial charge in [-0.05, 0) is 31.4 Å². The van der Waals surface area contributed by atoms with E-state index >= 15 is 0 Å². The second-order valence-corrected chi connectivity index (χ2v) is 4.35. The molecule has 1 aliphatic heterocycles. The van der Waals surface area contributed by atoms with Gasteiger partial charge >= 0.3 is 5.97 Å². The Morgan fingerprint density at radius 3 is 2.88 bits per heavy atom. The molecule has 16 heavy (non-hydrogen) atoms. The maximum atomic E-state index is 11.2. The Balaban J connectivity index is 2.38. The zero-order valence-corrected chi connectivity index (χ0v) is 9.68. The Morgan fingerprint density at radius 1 is 1.56 bits per heavy atom. The van der Waals surface area contributed by atoms with Crippen molar-refractivity contribution in [3.05, 3.63) is 29.8 Å². The first kappa shape index (κ1) is 11.0. The van der Waals surface area contributed by atoms with Crippen LogP contribution < -0.4 is 4.90 Å². The van der Waals surface area contributed by atoms with Crippen LogP contribution in [0.4, 0.5) is 5.69 Å². The lowest BCUT2D eigenvalue weighted by Crippen LogP contribution is -2.44. The van der Waals surface area contributed by atoms with Gasteiger partial charge in [0.25, 0.3) is 0 Å². The van der Waals surface area contributed by atoms with Crippen molar-refractivity contribution < 1.29 is 9.90 Å². The van der Waals surface area contributed by atoms with Gasteiger partial charge in [0, 0.05) is 11.7 Å². The minimum atomic E-state index is -0.731. The molecule has 1 aromatic carbocycles. The van der Waals surface area contributed by atoms with Gasteiger partial charge < -0.3 is 10.0 Å². The van der Waals surface area contributed by atoms with Crippen molar-refractivity contribution in [2.75, 3.05) is 4.90 Å². The molecule has 0 saturated carbocycles. The molecule has 1 aromatic rings. The Hall–Kier alpha value is -1.51. The van der Waals surface area contributed by atoms with Crippen LogP contribution in [-0.2, 0) is 11.2 Å². The summed E-state index contributed by atoms with van der Waals surface area (Å²) in [5.74, 6) is -0.731. The van der Waals surface area contributed by atoms with E-state index in [9.17, 15) is 9.90 Å². The molecule has 2 atom stereocenters. The molecular weight excluding hydrogens is 202 g/mol. The van der Waals surface area contributed by atoms with E-state index in [1.54, 1.807) is 0 Å². The Labute approximate surface area is 95.7 Å². The molecular formula is C13H17NO2. The topological polar surface area (TPSA) is 40.5 Å². The van der Waals surface area contributed by atoms with Gasteiger partial charge in [-0.25, -0.2) is 4.79 Å². The lowest BCUT2D eigenvalue weighted by Gasteiger charge is -2.30. The number of aliphatic carboxylic acids is 1. The smallest absolute Gasteiger partial charge is 0.326 e. The predicted octanol–water partition coefficient (Wildman–Crippen LogP) is 2.30. The summed E-state index contributed by atoms with van der Waals surface area (Å²) in [4.78, 5) is 13.3. The van der Waals surface area contributed by atoms with E-state index in [2.05, 4.69) is 13.0 Å². The number of fused-ring (bicyclic) bond motifs is 1. The molecule has 0 aromatic heterocycles. The zero-order valence-electron chi connectivity index (χ0n) is 9.68. The average molecular weight is 219 g/mol. The van der Waals surface area contributed by atoms with Crippen LogP contribution in [0.1, 0.15) is 25.8 Å². The Kier molecular flexibility index (Phi) is 2.86. The lowest BCUT2D eigenvalue weighted by atomic mass is 10.1. The summed E-state index contributed by atoms with van der Waals surface area (Å²) in [5, 5.41) is 9.24. The number of nitrogens with zero attached hydrogens (tertiary/aromatic N) is 1. The summed E-state index contributed by atoms with van der Waals surface area (Å²) >= 11 is 0. The minimum absolute atomic E-state index is 0.276. The fraction of sp³-hybridized carbons (Fsp3) is 0.462. The summed E-state index contributed by atoms with van der Waals surface area (Å²) in [6.45, 7) is 4.01. The van der Waals surface area contributed by atoms with Crippen LogP contribution in [-0.4, -0.2) is 23.2 Å². The standard InChI is InChI=1S/C13H17NO2/c1-3-11(13(15)16)14-9(2)8-10-6-4-5-7-12(10)14/h4-7,9,11H,3,8H2,1-2H3,(H,15,16). The second kappa shape index (κ2) is 4.16. The summed E-state index contributed by atoms with van der Waals surface area (Å²) in [6.07, 6.45) is 1.58. The molecule has 2 unspecified atom stereocenters. The normalized spacial score (nSPS) is 20.6. The SMILES string of the molecule is CCC(C(=O)O)N1c2ccccc2CC1C. The number of carbonyl (C=O) groups is 1. The van der Waals surface area contributed by atoms with Gasteiger partial charge in [0.15, 0.2) is 0 Å². The van der Waals surface area contributed by atoms with Crippen LogP contribution in [0.25, 0.3) is 0 Å². The molecule has 0 bridgehead atoms. The van der Waals surface area contributed by atoms with Gasteiger partial charge in [-0.15, -0.1) is 0 Å². The van der Waals surface area contributed by atoms with Gasteiger partial charge in [-0.1, -0.05) is 25.1 Å². The highest BCUT2D eigenvalue weighted by Crippen LogP contribution is 2.34. The third-order valence-electron chi connectivity index (χ3n) is 3.27. The molecule has 0 fully saturated rings. The van der Waals surface area contributed by atoms with Crippen LogP contribution >= 0.6 is 0 Å². The van der Waals surface area contributed by atoms with Crippen molar-refractivity contribution in [2.45, 2.75) is 38.8 Å². The number of carboxylic acids is 1. The Morgan fingerprint density at radius 2 is 2.25 bits per heavy atom. The molecule has 0 amide bonds. The molecule has 0 radical (unpaired) electrons. The van der Waals surface area contributed by atoms with Gasteiger partial charge in [0.1, 0.15) is 6.04 Å². The molecule has 1 aliphatic rings. The van der Waals surface area contributed by atoms with E-state index in [0.717, 1.165) is 12.1 Å². The maximum absolute atomic E-state index is 11.2. The van der Waals surface area contributed by atoms with E-state index < -0.39 is 12.0 Å². The fourth-order valence-electron chi connectivity index (χ4n) is 2.55. The second-order valence-electron chi connectivity index (χ2n) is 4.35. The van der Waals surface area contributed by atoms with Crippen molar-refractivity contribution in [3.8, 4) is 0 Å². The fourth-order valence-corrected chi connectivity index (χ4v) is 2.55. The quantitative estimate of drug-likeness (QED) is 0.848. The van der Waals surface area contributed by atoms with Crippen LogP contribution in [0.15, 0.2) is 24.3 Å². The molecule has 0 spiro atoms. The number of rotatable bonds is 3. The number of anilines is 1. The summed E-state index contributed by atoms with van der Waals surface area (Å²) in [6, 6.07) is 7.96. The molecule has 86 valence electrons. The molecule has 1 N–H and O–H groups in total. The van der Waals surface area contributed by atoms with E-state index in [4.69, 9.17) is 0 Å². The van der Waals surface area contributed by atoms with Gasteiger partial charge in [0.05, 0.1) is 0 Å². The first-order chi connectivity index (χ1) is 7.65. The molecule has 0 aliphatic carbocycles. The van der Waals surface area contributed by atoms with Gasteiger partial charge in [0.2, 0.25) is 0 Å². The predicted molar refractivity (Wildman–Crippen MR) is 63.8 cm³/mol. The van der Waals surface area contributed by atoms with E-state index in [1.165, 1.54) is 5.56 Å². The van der Waals surface area contributed by atoms with Crippen molar-refractivity contribution in [3.63, 3.8) is 0 Å². The van der Waals surface area contributed by atoms with Crippen LogP contribution in [0.3, 0.4) is 0 Å². The van der Waals surface area contributed by atoms with Gasteiger partial charge in [-0.3, -0.25) is 0 Å². The van der Waals surface area contributed by atoms with Crippen LogP contribution in [0.2, 0.25) is 0 Å². The first-order valence-electron chi connectivity index (χ1n) is 5.74. The molecule has 2 rings (SSSR count). The summed E-state index contributed by atoms with van der Waals surface area (Å²) in [5.41, 5.74) is 2.35. The monoisotopic (exact) mass is 219 g/mol. The molecule has 3 nitrogen and oxygen atoms in total. The van der Waals surface area contributed by atoms with E-state index in [-0.39, 0.29) is 6.04 Å². The highest BCUT2D eigenvalue weighted by Gasteiger charge is 2.33. The van der Waals surface area contributed by atoms with Crippen LogP contribution in [0.5, 0.6) is 0 Å². The first-order valence-corrected chi connectivity index (χ1v) is 5.74. The number of carboxylic acid groups (broad SMARTS) is 1. The Bertz CT molecular complexity index is 403. The van der Waals surface area contributed by atoms with Crippen molar-refractivity contribution >= 4 is 11.7 Å². The van der Waals surface area contributed by atoms with Crippen molar-refractivity contribution in [1.82, 2.24) is 0 Å². The highest BCUT2D eigenvalue weighted by molar-refractivity contribution is 5.80. The molecule has 3 heteroatoms. The third kappa shape index (κ3) is 1.66. The number of para-hydroxylation sites is 1. The minimum Gasteiger partial charge on any atom is -0.480 e. The van der Waals surface area contributed by atoms with E-state index in [1.807, 2.05) is 30.0 Å². The number of hydrogen-bond acceptors (Lipinski definition) is 2. The number of hydrogen-bond donors (Lipinski definition) is 1. The highest BCUT2D eigenvalue weighted by atomic mass is 16.4. The summed E-state index contributed by atoms with van der Waals surface area (Å²) in [7, 11) is 0. The van der Waals surface area contributed by atoms with Crippen LogP contribution in [0, 0.1) is 0 Å². The average Bonchev–Trinajstić information content (AvgIpc) is 2.57. The molecule has 0 saturated heterocycles. The largest absolute Gasteiger partial charge is 0.480 e. The van der Waals surface area contributed by atoms with Crippen molar-refractivity contribution in [2.24, 2.45) is 0 Å². The number of benzene rings is 1. The van der Waals surface area contributed by atoms with Crippen molar-refractivity contribution in [1.29, 1.82) is 0 Å². The third-order valence-corrected chi connectivity index (χ3v) is 3.27. The maximum Gasteiger partial charge on any atom is 0.326 e. The zero-order chi connectivity index (χ0) is 11.7. The van der Waals surface area contributed by atoms with E-state index in [0.29, 0.717) is 6.42 Å². The summed E-state index contributed by atoms with van der Waals surface area (Å²) < 4.78 is 0. The molecule has 1 heterocycles. The lowest BCUT2D eigenvalue weighted by molar-refractivity contribution is -0.138.